The normalized spacial score (nSPS) is 12.1. The largest absolute Gasteiger partial charge is 0.494 e. The number of aromatic amines is 1. The fraction of sp³-hybridized carbons (Fsp3) is 0.400. The molecule has 3 N–H and O–H groups in total. The van der Waals surface area contributed by atoms with E-state index < -0.39 is 11.9 Å². The van der Waals surface area contributed by atoms with Crippen LogP contribution < -0.4 is 0 Å². The van der Waals surface area contributed by atoms with Gasteiger partial charge in [-0.1, -0.05) is 6.92 Å². The Morgan fingerprint density at radius 1 is 1.56 bits per heavy atom. The molecule has 0 aliphatic rings. The highest BCUT2D eigenvalue weighted by molar-refractivity contribution is 5.86. The van der Waals surface area contributed by atoms with E-state index in [9.17, 15) is 14.7 Å². The first-order chi connectivity index (χ1) is 7.41. The Hall–Kier alpha value is -1.98. The van der Waals surface area contributed by atoms with Gasteiger partial charge >= 0.3 is 11.9 Å². The van der Waals surface area contributed by atoms with Gasteiger partial charge in [0.15, 0.2) is 5.88 Å². The van der Waals surface area contributed by atoms with Crippen LogP contribution in [0.1, 0.15) is 35.8 Å². The van der Waals surface area contributed by atoms with Crippen molar-refractivity contribution in [3.05, 3.63) is 17.3 Å². The van der Waals surface area contributed by atoms with Crippen molar-refractivity contribution in [2.75, 3.05) is 6.61 Å². The van der Waals surface area contributed by atoms with Crippen LogP contribution >= 0.6 is 0 Å². The van der Waals surface area contributed by atoms with E-state index in [4.69, 9.17) is 9.84 Å². The lowest BCUT2D eigenvalue weighted by Crippen LogP contribution is -2.07. The second-order valence-corrected chi connectivity index (χ2v) is 3.50. The summed E-state index contributed by atoms with van der Waals surface area (Å²) in [5, 5.41) is 18.2. The zero-order valence-corrected chi connectivity index (χ0v) is 8.98. The third kappa shape index (κ3) is 2.75. The quantitative estimate of drug-likeness (QED) is 0.668. The van der Waals surface area contributed by atoms with Gasteiger partial charge in [0.1, 0.15) is 5.69 Å². The first-order valence-electron chi connectivity index (χ1n) is 4.70. The minimum atomic E-state index is -1.15. The molecule has 6 heteroatoms. The highest BCUT2D eigenvalue weighted by Crippen LogP contribution is 2.26. The van der Waals surface area contributed by atoms with Crippen molar-refractivity contribution in [3.63, 3.8) is 0 Å². The van der Waals surface area contributed by atoms with Crippen molar-refractivity contribution >= 4 is 11.9 Å². The van der Waals surface area contributed by atoms with Crippen molar-refractivity contribution < 1.29 is 24.5 Å². The first-order valence-corrected chi connectivity index (χ1v) is 4.70. The number of rotatable bonds is 4. The summed E-state index contributed by atoms with van der Waals surface area (Å²) in [4.78, 5) is 23.5. The minimum Gasteiger partial charge on any atom is -0.494 e. The van der Waals surface area contributed by atoms with E-state index in [1.54, 1.807) is 6.92 Å². The molecule has 1 aromatic heterocycles. The van der Waals surface area contributed by atoms with Crippen molar-refractivity contribution in [2.24, 2.45) is 0 Å². The highest BCUT2D eigenvalue weighted by atomic mass is 16.5. The van der Waals surface area contributed by atoms with Gasteiger partial charge in [-0.25, -0.2) is 4.79 Å². The second-order valence-electron chi connectivity index (χ2n) is 3.50. The molecule has 0 spiro atoms. The molecule has 1 unspecified atom stereocenters. The van der Waals surface area contributed by atoms with Crippen molar-refractivity contribution in [2.45, 2.75) is 19.8 Å². The number of nitrogens with one attached hydrogen (secondary N) is 1. The van der Waals surface area contributed by atoms with E-state index in [-0.39, 0.29) is 24.1 Å². The van der Waals surface area contributed by atoms with Crippen LogP contribution in [0, 0.1) is 0 Å². The lowest BCUT2D eigenvalue weighted by molar-refractivity contribution is -0.141. The molecule has 1 aromatic rings. The third-order valence-electron chi connectivity index (χ3n) is 2.12. The lowest BCUT2D eigenvalue weighted by atomic mass is 10.1. The predicted octanol–water partition coefficient (Wildman–Crippen LogP) is 1.09. The van der Waals surface area contributed by atoms with Gasteiger partial charge in [-0.3, -0.25) is 4.79 Å². The van der Waals surface area contributed by atoms with Gasteiger partial charge in [0.2, 0.25) is 0 Å². The van der Waals surface area contributed by atoms with Crippen LogP contribution in [0.25, 0.3) is 0 Å². The van der Waals surface area contributed by atoms with Crippen LogP contribution in [0.5, 0.6) is 5.88 Å². The Morgan fingerprint density at radius 2 is 2.19 bits per heavy atom. The molecule has 0 fully saturated rings. The van der Waals surface area contributed by atoms with Gasteiger partial charge in [0.25, 0.3) is 0 Å². The summed E-state index contributed by atoms with van der Waals surface area (Å²) in [6.07, 6.45) is 0. The topological polar surface area (TPSA) is 99.6 Å². The van der Waals surface area contributed by atoms with Crippen LogP contribution in [0.15, 0.2) is 6.07 Å². The zero-order chi connectivity index (χ0) is 12.3. The average Bonchev–Trinajstić information content (AvgIpc) is 2.57. The Morgan fingerprint density at radius 3 is 2.62 bits per heavy atom. The van der Waals surface area contributed by atoms with Crippen molar-refractivity contribution in [1.29, 1.82) is 0 Å². The molecule has 0 bridgehead atoms. The Balaban J connectivity index is 2.78. The van der Waals surface area contributed by atoms with Gasteiger partial charge in [-0.2, -0.15) is 0 Å². The highest BCUT2D eigenvalue weighted by Gasteiger charge is 2.17. The first kappa shape index (κ1) is 12.1. The molecule has 0 aromatic carbocycles. The van der Waals surface area contributed by atoms with Crippen LogP contribution in [0.2, 0.25) is 0 Å². The average molecular weight is 227 g/mol. The number of carboxylic acid groups (broad SMARTS) is 1. The smallest absolute Gasteiger partial charge is 0.352 e. The maximum Gasteiger partial charge on any atom is 0.352 e. The number of aromatic carboxylic acids is 1. The van der Waals surface area contributed by atoms with E-state index in [2.05, 4.69) is 4.98 Å². The molecule has 16 heavy (non-hydrogen) atoms. The zero-order valence-electron chi connectivity index (χ0n) is 8.98. The van der Waals surface area contributed by atoms with E-state index in [1.807, 2.05) is 0 Å². The molecule has 1 rings (SSSR count). The number of carbonyl (C=O) groups excluding carboxylic acids is 1. The van der Waals surface area contributed by atoms with Gasteiger partial charge in [-0.05, 0) is 6.07 Å². The SMILES string of the molecule is CC(=O)OCC(C)c1cc(C(=O)O)[nH]c1O. The van der Waals surface area contributed by atoms with E-state index in [0.29, 0.717) is 5.56 Å². The van der Waals surface area contributed by atoms with Gasteiger partial charge < -0.3 is 19.9 Å². The van der Waals surface area contributed by atoms with Crippen LogP contribution in [0.3, 0.4) is 0 Å². The molecular formula is C10H13NO5. The molecule has 0 aliphatic carbocycles. The maximum absolute atomic E-state index is 10.6. The fourth-order valence-corrected chi connectivity index (χ4v) is 1.28. The number of ether oxygens (including phenoxy) is 1. The number of aromatic nitrogens is 1. The Bertz CT molecular complexity index is 409. The van der Waals surface area contributed by atoms with Crippen molar-refractivity contribution in [1.82, 2.24) is 4.98 Å². The summed E-state index contributed by atoms with van der Waals surface area (Å²) in [5.41, 5.74) is 0.320. The number of hydrogen-bond acceptors (Lipinski definition) is 4. The van der Waals surface area contributed by atoms with E-state index in [1.165, 1.54) is 13.0 Å². The summed E-state index contributed by atoms with van der Waals surface area (Å²) in [5.74, 6) is -2.05. The molecule has 6 nitrogen and oxygen atoms in total. The molecule has 88 valence electrons. The number of aromatic hydroxyl groups is 1. The van der Waals surface area contributed by atoms with E-state index in [0.717, 1.165) is 0 Å². The molecule has 0 saturated carbocycles. The second kappa shape index (κ2) is 4.69. The standard InChI is InChI=1S/C10H13NO5/c1-5(4-16-6(2)12)7-3-8(10(14)15)11-9(7)13/h3,5,11,13H,4H2,1-2H3,(H,14,15). The summed E-state index contributed by atoms with van der Waals surface area (Å²) in [6, 6.07) is 1.33. The van der Waals surface area contributed by atoms with Gasteiger partial charge in [-0.15, -0.1) is 0 Å². The summed E-state index contributed by atoms with van der Waals surface area (Å²) >= 11 is 0. The van der Waals surface area contributed by atoms with Crippen molar-refractivity contribution in [3.8, 4) is 5.88 Å². The summed E-state index contributed by atoms with van der Waals surface area (Å²) < 4.78 is 4.77. The van der Waals surface area contributed by atoms with Crippen LogP contribution in [0.4, 0.5) is 0 Å². The molecule has 0 saturated heterocycles. The monoisotopic (exact) mass is 227 g/mol. The maximum atomic E-state index is 10.6. The molecule has 0 radical (unpaired) electrons. The minimum absolute atomic E-state index is 0.0952. The van der Waals surface area contributed by atoms with E-state index >= 15 is 0 Å². The lowest BCUT2D eigenvalue weighted by Gasteiger charge is -2.09. The third-order valence-corrected chi connectivity index (χ3v) is 2.12. The number of carbonyl (C=O) groups is 2. The number of hydrogen-bond donors (Lipinski definition) is 3. The summed E-state index contributed by atoms with van der Waals surface area (Å²) in [6.45, 7) is 3.10. The van der Waals surface area contributed by atoms with Crippen LogP contribution in [-0.2, 0) is 9.53 Å². The van der Waals surface area contributed by atoms with Gasteiger partial charge in [0, 0.05) is 18.4 Å². The number of esters is 1. The molecule has 0 aliphatic heterocycles. The Kier molecular flexibility index (Phi) is 3.55. The molecule has 1 heterocycles. The fourth-order valence-electron chi connectivity index (χ4n) is 1.28. The molecule has 0 amide bonds. The molecular weight excluding hydrogens is 214 g/mol. The number of H-pyrrole nitrogens is 1. The predicted molar refractivity (Wildman–Crippen MR) is 54.5 cm³/mol. The number of carboxylic acids is 1. The molecule has 1 atom stereocenters. The Labute approximate surface area is 91.9 Å². The van der Waals surface area contributed by atoms with Gasteiger partial charge in [0.05, 0.1) is 6.61 Å². The van der Waals surface area contributed by atoms with Crippen LogP contribution in [-0.4, -0.2) is 33.7 Å². The summed E-state index contributed by atoms with van der Waals surface area (Å²) in [7, 11) is 0.